The minimum absolute atomic E-state index is 0.00236. The first-order valence-electron chi connectivity index (χ1n) is 18.7. The van der Waals surface area contributed by atoms with Crippen molar-refractivity contribution in [1.82, 2.24) is 29.8 Å². The molecule has 4 aliphatic rings. The van der Waals surface area contributed by atoms with Gasteiger partial charge in [0.2, 0.25) is 21.8 Å². The average Bonchev–Trinajstić information content (AvgIpc) is 3.97. The first kappa shape index (κ1) is 38.3. The molecule has 6 rings (SSSR count). The number of allylic oxidation sites excluding steroid dienone is 1. The largest absolute Gasteiger partial charge is 0.459 e. The van der Waals surface area contributed by atoms with Crippen LogP contribution in [0.25, 0.3) is 17.1 Å². The van der Waals surface area contributed by atoms with Gasteiger partial charge in [-0.25, -0.2) is 13.2 Å². The molecule has 3 fully saturated rings. The van der Waals surface area contributed by atoms with E-state index in [9.17, 15) is 27.6 Å². The number of carbonyl (C=O) groups is 4. The zero-order chi connectivity index (χ0) is 38.3. The Balaban J connectivity index is 1.33. The Morgan fingerprint density at radius 1 is 1.13 bits per heavy atom. The predicted molar refractivity (Wildman–Crippen MR) is 199 cm³/mol. The summed E-state index contributed by atoms with van der Waals surface area (Å²) in [5.41, 5.74) is 0.0833. The average molecular weight is 753 g/mol. The van der Waals surface area contributed by atoms with Crippen molar-refractivity contribution in [2.75, 3.05) is 6.54 Å². The number of hydrogen-bond acceptors (Lipinski definition) is 9. The van der Waals surface area contributed by atoms with Gasteiger partial charge < -0.3 is 25.0 Å². The minimum Gasteiger partial charge on any atom is -0.459 e. The van der Waals surface area contributed by atoms with Crippen molar-refractivity contribution in [2.24, 2.45) is 5.92 Å². The number of imidazole rings is 1. The minimum atomic E-state index is -3.89. The summed E-state index contributed by atoms with van der Waals surface area (Å²) in [7, 11) is -3.89. The van der Waals surface area contributed by atoms with Crippen LogP contribution >= 0.6 is 0 Å². The molecule has 2 aliphatic heterocycles. The third-order valence-corrected chi connectivity index (χ3v) is 12.1. The second-order valence-corrected chi connectivity index (χ2v) is 17.9. The molecule has 1 aromatic heterocycles. The van der Waals surface area contributed by atoms with E-state index in [4.69, 9.17) is 14.5 Å². The van der Waals surface area contributed by atoms with Gasteiger partial charge in [0.25, 0.3) is 11.9 Å². The van der Waals surface area contributed by atoms with Gasteiger partial charge in [-0.15, -0.1) is 0 Å². The number of fused-ring (bicyclic) bond motifs is 3. The molecule has 4 amide bonds. The molecule has 2 saturated carbocycles. The Hall–Kier alpha value is -4.40. The third kappa shape index (κ3) is 8.39. The first-order chi connectivity index (χ1) is 25.0. The molecule has 3 heterocycles. The molecule has 14 nitrogen and oxygen atoms in total. The third-order valence-electron chi connectivity index (χ3n) is 10.3. The number of sulfonamides is 1. The van der Waals surface area contributed by atoms with E-state index in [1.54, 1.807) is 26.8 Å². The highest BCUT2D eigenvalue weighted by Gasteiger charge is 2.62. The lowest BCUT2D eigenvalue weighted by Gasteiger charge is -2.30. The van der Waals surface area contributed by atoms with Gasteiger partial charge in [-0.1, -0.05) is 49.8 Å². The van der Waals surface area contributed by atoms with E-state index >= 15 is 0 Å². The summed E-state index contributed by atoms with van der Waals surface area (Å²) in [4.78, 5) is 61.8. The Morgan fingerprint density at radius 2 is 1.89 bits per heavy atom. The van der Waals surface area contributed by atoms with Gasteiger partial charge in [0, 0.05) is 23.9 Å². The van der Waals surface area contributed by atoms with Crippen LogP contribution in [-0.2, 0) is 29.1 Å². The molecule has 1 aromatic carbocycles. The van der Waals surface area contributed by atoms with E-state index in [0.717, 1.165) is 23.9 Å². The van der Waals surface area contributed by atoms with Crippen LogP contribution in [0.15, 0.2) is 36.9 Å². The van der Waals surface area contributed by atoms with Crippen LogP contribution in [0.5, 0.6) is 6.01 Å². The number of ether oxygens (including phenoxy) is 2. The monoisotopic (exact) mass is 752 g/mol. The van der Waals surface area contributed by atoms with Crippen molar-refractivity contribution in [1.29, 1.82) is 0 Å². The van der Waals surface area contributed by atoms with Gasteiger partial charge >= 0.3 is 6.09 Å². The van der Waals surface area contributed by atoms with Crippen LogP contribution in [0.4, 0.5) is 4.79 Å². The van der Waals surface area contributed by atoms with E-state index in [0.29, 0.717) is 43.6 Å². The number of para-hydroxylation sites is 1. The number of alkyl carbamates (subject to hydrolysis) is 1. The summed E-state index contributed by atoms with van der Waals surface area (Å²) in [6.07, 6.45) is 8.55. The number of rotatable bonds is 8. The van der Waals surface area contributed by atoms with Crippen molar-refractivity contribution in [2.45, 2.75) is 133 Å². The van der Waals surface area contributed by atoms with Crippen LogP contribution in [0.3, 0.4) is 0 Å². The Kier molecular flexibility index (Phi) is 10.7. The molecule has 0 spiro atoms. The van der Waals surface area contributed by atoms with Gasteiger partial charge in [-0.05, 0) is 79.2 Å². The van der Waals surface area contributed by atoms with Crippen molar-refractivity contribution in [3.63, 3.8) is 0 Å². The van der Waals surface area contributed by atoms with Crippen LogP contribution < -0.4 is 20.1 Å². The molecule has 2 aliphatic carbocycles. The second-order valence-electron chi connectivity index (χ2n) is 16.0. The maximum absolute atomic E-state index is 14.5. The lowest BCUT2D eigenvalue weighted by Crippen LogP contribution is -2.58. The molecule has 3 N–H and O–H groups in total. The molecule has 1 saturated heterocycles. The normalized spacial score (nSPS) is 27.5. The summed E-state index contributed by atoms with van der Waals surface area (Å²) < 4.78 is 41.9. The molecule has 2 aromatic rings. The molecule has 0 bridgehead atoms. The highest BCUT2D eigenvalue weighted by molar-refractivity contribution is 7.91. The molecule has 0 radical (unpaired) electrons. The van der Waals surface area contributed by atoms with Crippen molar-refractivity contribution >= 4 is 50.9 Å². The smallest absolute Gasteiger partial charge is 0.408 e. The number of nitrogens with one attached hydrogen (secondary N) is 3. The highest BCUT2D eigenvalue weighted by Crippen LogP contribution is 2.46. The summed E-state index contributed by atoms with van der Waals surface area (Å²) in [6, 6.07) is 3.95. The Morgan fingerprint density at radius 3 is 2.57 bits per heavy atom. The molecule has 288 valence electrons. The van der Waals surface area contributed by atoms with Gasteiger partial charge in [-0.2, -0.15) is 4.98 Å². The molecule has 53 heavy (non-hydrogen) atoms. The van der Waals surface area contributed by atoms with Gasteiger partial charge in [0.05, 0.1) is 22.8 Å². The fourth-order valence-corrected chi connectivity index (χ4v) is 8.67. The molecular weight excluding hydrogens is 701 g/mol. The number of carbonyl (C=O) groups excluding carboxylic acids is 4. The van der Waals surface area contributed by atoms with E-state index in [2.05, 4.69) is 21.9 Å². The maximum atomic E-state index is 14.5. The number of benzene rings is 1. The van der Waals surface area contributed by atoms with E-state index in [1.807, 2.05) is 48.8 Å². The SMILES string of the molecule is C=Cc1cccc2c1nc(O[C@@H]1C[C@H]3C(=O)N[C@]4(C(=O)NS(=O)(=O)C5CC5)C[C@H]4/C=C\CCCCC[C@H](NC(=O)OC(C)(C)C)C(=O)N3C1)n2C(C)C. The van der Waals surface area contributed by atoms with Gasteiger partial charge in [-0.3, -0.25) is 23.7 Å². The lowest BCUT2D eigenvalue weighted by molar-refractivity contribution is -0.141. The van der Waals surface area contributed by atoms with E-state index < -0.39 is 74.3 Å². The number of nitrogens with zero attached hydrogens (tertiary/aromatic N) is 3. The molecule has 5 atom stereocenters. The van der Waals surface area contributed by atoms with E-state index in [-0.39, 0.29) is 25.4 Å². The fourth-order valence-electron chi connectivity index (χ4n) is 7.31. The van der Waals surface area contributed by atoms with Crippen LogP contribution in [0, 0.1) is 5.92 Å². The topological polar surface area (TPSA) is 178 Å². The zero-order valence-electron chi connectivity index (χ0n) is 31.2. The summed E-state index contributed by atoms with van der Waals surface area (Å²) in [6.45, 7) is 13.1. The van der Waals surface area contributed by atoms with Crippen LogP contribution in [0.2, 0.25) is 0 Å². The lowest BCUT2D eigenvalue weighted by atomic mass is 10.0. The van der Waals surface area contributed by atoms with Crippen molar-refractivity contribution in [3.8, 4) is 6.01 Å². The Bertz CT molecular complexity index is 1910. The summed E-state index contributed by atoms with van der Waals surface area (Å²) in [5.74, 6) is -2.30. The van der Waals surface area contributed by atoms with Crippen LogP contribution in [0.1, 0.15) is 104 Å². The molecule has 15 heteroatoms. The Labute approximate surface area is 311 Å². The maximum Gasteiger partial charge on any atom is 0.408 e. The quantitative estimate of drug-likeness (QED) is 0.328. The number of hydrogen-bond donors (Lipinski definition) is 3. The van der Waals surface area contributed by atoms with Crippen LogP contribution in [-0.4, -0.2) is 87.8 Å². The molecule has 0 unspecified atom stereocenters. The van der Waals surface area contributed by atoms with E-state index in [1.165, 1.54) is 4.90 Å². The predicted octanol–water partition coefficient (Wildman–Crippen LogP) is 4.51. The van der Waals surface area contributed by atoms with Crippen molar-refractivity contribution in [3.05, 3.63) is 42.5 Å². The van der Waals surface area contributed by atoms with Crippen molar-refractivity contribution < 1.29 is 37.1 Å². The first-order valence-corrected chi connectivity index (χ1v) is 20.2. The number of amides is 4. The highest BCUT2D eigenvalue weighted by atomic mass is 32.2. The summed E-state index contributed by atoms with van der Waals surface area (Å²) in [5, 5.41) is 5.02. The summed E-state index contributed by atoms with van der Waals surface area (Å²) >= 11 is 0. The zero-order valence-corrected chi connectivity index (χ0v) is 32.0. The van der Waals surface area contributed by atoms with Gasteiger partial charge in [0.15, 0.2) is 0 Å². The fraction of sp³-hybridized carbons (Fsp3) is 0.605. The number of aromatic nitrogens is 2. The molecular formula is C38H52N6O8S. The second kappa shape index (κ2) is 14.8. The standard InChI is InChI=1S/C38H52N6O8S/c1-7-24-14-13-17-29-31(24)40-35(44(29)23(2)3)51-26-20-30-32(45)41-38(34(47)42-53(49,50)27-18-19-27)21-25(38)15-11-9-8-10-12-16-28(33(46)43(30)22-26)39-36(48)52-37(4,5)6/h7,11,13-15,17,23,25-28,30H,1,8-10,12,16,18-22H2,2-6H3,(H,39,48)(H,41,45)(H,42,47)/b15-11-/t25-,26-,28+,30+,38-/m1/s1. The van der Waals surface area contributed by atoms with Gasteiger partial charge in [0.1, 0.15) is 29.3 Å².